The molecule has 0 aliphatic rings. The fraction of sp³-hybridized carbons (Fsp3) is 0. The van der Waals surface area contributed by atoms with Gasteiger partial charge in [0.25, 0.3) is 0 Å². The Morgan fingerprint density at radius 3 is 1.43 bits per heavy atom. The molecule has 0 amide bonds. The van der Waals surface area contributed by atoms with Crippen LogP contribution in [0.3, 0.4) is 0 Å². The summed E-state index contributed by atoms with van der Waals surface area (Å²) >= 11 is 0. The molecule has 0 aliphatic carbocycles. The molecule has 1 aromatic heterocycles. The van der Waals surface area contributed by atoms with Crippen molar-refractivity contribution in [1.82, 2.24) is 0 Å². The molecule has 0 atom stereocenters. The molecule has 11 aromatic carbocycles. The molecule has 0 unspecified atom stereocenters. The minimum absolute atomic E-state index is 0.858. The summed E-state index contributed by atoms with van der Waals surface area (Å²) in [5.74, 6) is 0. The monoisotopic (exact) mass is 845 g/mol. The number of hydrogen-bond donors (Lipinski definition) is 0. The van der Waals surface area contributed by atoms with Gasteiger partial charge in [-0.2, -0.15) is 0 Å². The Morgan fingerprint density at radius 2 is 0.800 bits per heavy atom. The van der Waals surface area contributed by atoms with E-state index in [9.17, 15) is 0 Å². The lowest BCUT2D eigenvalue weighted by Gasteiger charge is -2.34. The zero-order valence-electron chi connectivity index (χ0n) is 35.7. The Hall–Kier alpha value is -8.24. The summed E-state index contributed by atoms with van der Waals surface area (Å²) < 4.78 is 6.91. The van der Waals surface area contributed by atoms with Crippen LogP contribution in [0, 0.1) is 0 Å². The molecule has 0 spiro atoms. The summed E-state index contributed by atoms with van der Waals surface area (Å²) in [6, 6.07) is 95.3. The number of nitrogens with zero attached hydrogens (tertiary/aromatic N) is 1. The van der Waals surface area contributed by atoms with Crippen LogP contribution in [0.5, 0.6) is 0 Å². The number of para-hydroxylation sites is 1. The van der Waals surface area contributed by atoms with E-state index in [0.717, 1.165) is 49.8 Å². The third kappa shape index (κ3) is 6.56. The molecule has 0 saturated carbocycles. The molecular weight excluding hydrogens is 803 g/mol. The van der Waals surface area contributed by atoms with Gasteiger partial charge in [-0.25, -0.2) is 0 Å². The maximum absolute atomic E-state index is 6.91. The minimum atomic E-state index is -2.67. The molecular formula is C62H43NOSi. The van der Waals surface area contributed by atoms with Gasteiger partial charge >= 0.3 is 0 Å². The highest BCUT2D eigenvalue weighted by atomic mass is 28.3. The fourth-order valence-corrected chi connectivity index (χ4v) is 14.9. The minimum Gasteiger partial charge on any atom is -0.454 e. The van der Waals surface area contributed by atoms with Gasteiger partial charge < -0.3 is 9.32 Å². The smallest absolute Gasteiger partial charge is 0.179 e. The number of hydrogen-bond acceptors (Lipinski definition) is 2. The molecule has 2 nitrogen and oxygen atoms in total. The zero-order valence-corrected chi connectivity index (χ0v) is 36.7. The molecule has 12 aromatic rings. The summed E-state index contributed by atoms with van der Waals surface area (Å²) in [7, 11) is -2.67. The van der Waals surface area contributed by atoms with E-state index >= 15 is 0 Å². The number of benzene rings is 11. The van der Waals surface area contributed by atoms with E-state index in [-0.39, 0.29) is 0 Å². The van der Waals surface area contributed by atoms with Gasteiger partial charge in [0, 0.05) is 21.8 Å². The average Bonchev–Trinajstić information content (AvgIpc) is 3.75. The zero-order chi connectivity index (χ0) is 43.2. The van der Waals surface area contributed by atoms with Crippen LogP contribution < -0.4 is 25.6 Å². The van der Waals surface area contributed by atoms with Crippen molar-refractivity contribution in [2.45, 2.75) is 0 Å². The van der Waals surface area contributed by atoms with Crippen LogP contribution in [0.4, 0.5) is 17.1 Å². The van der Waals surface area contributed by atoms with Gasteiger partial charge in [-0.1, -0.05) is 224 Å². The first-order valence-corrected chi connectivity index (χ1v) is 24.3. The second kappa shape index (κ2) is 16.1. The average molecular weight is 846 g/mol. The second-order valence-corrected chi connectivity index (χ2v) is 20.6. The van der Waals surface area contributed by atoms with Gasteiger partial charge in [0.15, 0.2) is 13.7 Å². The Labute approximate surface area is 379 Å². The molecule has 12 rings (SSSR count). The predicted octanol–water partition coefficient (Wildman–Crippen LogP) is 14.1. The maximum Gasteiger partial charge on any atom is 0.179 e. The van der Waals surface area contributed by atoms with Crippen molar-refractivity contribution in [3.63, 3.8) is 0 Å². The third-order valence-corrected chi connectivity index (χ3v) is 18.0. The lowest BCUT2D eigenvalue weighted by molar-refractivity contribution is 0.669. The van der Waals surface area contributed by atoms with Crippen LogP contribution in [0.2, 0.25) is 0 Å². The van der Waals surface area contributed by atoms with E-state index in [2.05, 4.69) is 266 Å². The van der Waals surface area contributed by atoms with Crippen LogP contribution in [0.25, 0.3) is 65.7 Å². The topological polar surface area (TPSA) is 16.4 Å². The van der Waals surface area contributed by atoms with Gasteiger partial charge in [-0.05, 0) is 95.6 Å². The van der Waals surface area contributed by atoms with Crippen LogP contribution in [-0.2, 0) is 0 Å². The van der Waals surface area contributed by atoms with Crippen LogP contribution in [0.15, 0.2) is 265 Å². The van der Waals surface area contributed by atoms with E-state index in [0.29, 0.717) is 0 Å². The van der Waals surface area contributed by atoms with Crippen LogP contribution in [-0.4, -0.2) is 8.07 Å². The van der Waals surface area contributed by atoms with E-state index in [1.807, 2.05) is 0 Å². The van der Waals surface area contributed by atoms with Crippen molar-refractivity contribution in [1.29, 1.82) is 0 Å². The molecule has 65 heavy (non-hydrogen) atoms. The van der Waals surface area contributed by atoms with Gasteiger partial charge in [0.05, 0.1) is 11.4 Å². The fourth-order valence-electron chi connectivity index (χ4n) is 10.2. The molecule has 306 valence electrons. The second-order valence-electron chi connectivity index (χ2n) is 16.8. The quantitative estimate of drug-likeness (QED) is 0.106. The Bertz CT molecular complexity index is 3530. The van der Waals surface area contributed by atoms with Crippen LogP contribution in [0.1, 0.15) is 0 Å². The third-order valence-electron chi connectivity index (χ3n) is 13.2. The summed E-state index contributed by atoms with van der Waals surface area (Å²) in [6.45, 7) is 0. The van der Waals surface area contributed by atoms with E-state index in [4.69, 9.17) is 4.42 Å². The van der Waals surface area contributed by atoms with Gasteiger partial charge in [0.1, 0.15) is 5.58 Å². The van der Waals surface area contributed by atoms with Crippen molar-refractivity contribution in [3.05, 3.63) is 261 Å². The summed E-state index contributed by atoms with van der Waals surface area (Å²) in [4.78, 5) is 2.38. The largest absolute Gasteiger partial charge is 0.454 e. The first-order chi connectivity index (χ1) is 32.2. The molecule has 3 heteroatoms. The molecule has 0 aliphatic heterocycles. The normalized spacial score (nSPS) is 11.7. The van der Waals surface area contributed by atoms with E-state index in [1.165, 1.54) is 53.8 Å². The highest BCUT2D eigenvalue weighted by molar-refractivity contribution is 7.19. The number of furan rings is 1. The number of fused-ring (bicyclic) bond motifs is 5. The maximum atomic E-state index is 6.91. The number of rotatable bonds is 9. The van der Waals surface area contributed by atoms with E-state index < -0.39 is 8.07 Å². The first kappa shape index (κ1) is 38.4. The van der Waals surface area contributed by atoms with Gasteiger partial charge in [-0.15, -0.1) is 0 Å². The molecule has 0 radical (unpaired) electrons. The molecule has 1 heterocycles. The molecule has 0 fully saturated rings. The Morgan fingerprint density at radius 1 is 0.308 bits per heavy atom. The van der Waals surface area contributed by atoms with Crippen molar-refractivity contribution in [2.24, 2.45) is 0 Å². The number of anilines is 3. The lowest BCUT2D eigenvalue weighted by Crippen LogP contribution is -2.74. The van der Waals surface area contributed by atoms with E-state index in [1.54, 1.807) is 0 Å². The first-order valence-electron chi connectivity index (χ1n) is 22.3. The Kier molecular flexibility index (Phi) is 9.55. The van der Waals surface area contributed by atoms with Gasteiger partial charge in [0.2, 0.25) is 0 Å². The molecule has 0 N–H and O–H groups in total. The SMILES string of the molecule is c1ccc(-c2ccc(N(c3ccc(-c4ccc([Si](c5ccccc5)(c5ccccc5)c5ccccc5)cc4)c4ccccc34)c3cccc4c3oc3cc5ccccc5cc34)cc2)cc1. The highest BCUT2D eigenvalue weighted by Crippen LogP contribution is 2.46. The highest BCUT2D eigenvalue weighted by Gasteiger charge is 2.41. The summed E-state index contributed by atoms with van der Waals surface area (Å²) in [5.41, 5.74) is 9.59. The summed E-state index contributed by atoms with van der Waals surface area (Å²) in [6.07, 6.45) is 0. The lowest BCUT2D eigenvalue weighted by atomic mass is 9.96. The Balaban J connectivity index is 1.03. The van der Waals surface area contributed by atoms with Crippen molar-refractivity contribution < 1.29 is 4.42 Å². The molecule has 0 bridgehead atoms. The van der Waals surface area contributed by atoms with Crippen LogP contribution >= 0.6 is 0 Å². The van der Waals surface area contributed by atoms with Crippen molar-refractivity contribution in [3.8, 4) is 22.3 Å². The van der Waals surface area contributed by atoms with Crippen molar-refractivity contribution in [2.75, 3.05) is 4.90 Å². The molecule has 0 saturated heterocycles. The standard InChI is InChI=1S/C62H43NOSi/c1-5-18-44(19-6-1)45-32-36-49(37-33-45)63(60-31-17-30-57-58-42-47-20-13-14-21-48(47)43-61(58)64-62(57)60)59-41-40-54(55-28-15-16-29-56(55)59)46-34-38-53(39-35-46)65(50-22-7-2-8-23-50,51-24-9-3-10-25-51)52-26-11-4-12-27-52/h1-43H. The van der Waals surface area contributed by atoms with Gasteiger partial charge in [-0.3, -0.25) is 0 Å². The predicted molar refractivity (Wildman–Crippen MR) is 278 cm³/mol. The summed E-state index contributed by atoms with van der Waals surface area (Å²) in [5, 5.41) is 12.4. The van der Waals surface area contributed by atoms with Crippen molar-refractivity contribution >= 4 is 89.4 Å².